The predicted molar refractivity (Wildman–Crippen MR) is 127 cm³/mol. The lowest BCUT2D eigenvalue weighted by molar-refractivity contribution is 0.0982. The molecule has 4 rings (SSSR count). The maximum Gasteiger partial charge on any atom is 0.261 e. The van der Waals surface area contributed by atoms with Crippen LogP contribution in [0.2, 0.25) is 0 Å². The third-order valence-corrected chi connectivity index (χ3v) is 7.04. The molecule has 0 spiro atoms. The summed E-state index contributed by atoms with van der Waals surface area (Å²) in [5.41, 5.74) is 4.79. The highest BCUT2D eigenvalue weighted by Gasteiger charge is 2.24. The van der Waals surface area contributed by atoms with Gasteiger partial charge in [0.1, 0.15) is 0 Å². The van der Waals surface area contributed by atoms with E-state index in [1.807, 2.05) is 42.5 Å². The van der Waals surface area contributed by atoms with Gasteiger partial charge in [-0.2, -0.15) is 0 Å². The molecule has 6 heteroatoms. The number of aromatic nitrogens is 2. The average molecular weight is 434 g/mol. The van der Waals surface area contributed by atoms with Crippen LogP contribution in [-0.4, -0.2) is 21.6 Å². The molecule has 0 saturated carbocycles. The highest BCUT2D eigenvalue weighted by atomic mass is 32.2. The molecule has 0 radical (unpaired) electrons. The smallest absolute Gasteiger partial charge is 0.261 e. The number of carbonyl (C=O) groups excluding carboxylic acids is 1. The fourth-order valence-electron chi connectivity index (χ4n) is 3.31. The Bertz CT molecular complexity index is 1150. The van der Waals surface area contributed by atoms with Crippen LogP contribution in [-0.2, 0) is 6.54 Å². The lowest BCUT2D eigenvalue weighted by Crippen LogP contribution is -2.31. The molecule has 1 amide bonds. The number of hydrogen-bond donors (Lipinski definition) is 0. The first-order chi connectivity index (χ1) is 14.6. The molecule has 0 aliphatic carbocycles. The van der Waals surface area contributed by atoms with Crippen molar-refractivity contribution >= 4 is 44.4 Å². The van der Waals surface area contributed by atoms with Gasteiger partial charge in [0, 0.05) is 11.1 Å². The van der Waals surface area contributed by atoms with Crippen molar-refractivity contribution < 1.29 is 4.79 Å². The first-order valence-electron chi connectivity index (χ1n) is 9.89. The Hall–Kier alpha value is -2.70. The van der Waals surface area contributed by atoms with Gasteiger partial charge >= 0.3 is 0 Å². The molecule has 0 bridgehead atoms. The van der Waals surface area contributed by atoms with E-state index in [0.717, 1.165) is 32.1 Å². The summed E-state index contributed by atoms with van der Waals surface area (Å²) in [4.78, 5) is 25.8. The maximum absolute atomic E-state index is 13.7. The molecule has 0 aliphatic rings. The molecule has 152 valence electrons. The predicted octanol–water partition coefficient (Wildman–Crippen LogP) is 6.27. The molecule has 0 unspecified atom stereocenters. The van der Waals surface area contributed by atoms with E-state index in [9.17, 15) is 4.79 Å². The van der Waals surface area contributed by atoms with Crippen molar-refractivity contribution in [2.45, 2.75) is 32.2 Å². The Morgan fingerprint density at radius 2 is 1.80 bits per heavy atom. The monoisotopic (exact) mass is 433 g/mol. The molecule has 0 atom stereocenters. The summed E-state index contributed by atoms with van der Waals surface area (Å²) in [7, 11) is 0. The van der Waals surface area contributed by atoms with E-state index in [1.165, 1.54) is 5.56 Å². The van der Waals surface area contributed by atoms with E-state index in [0.29, 0.717) is 17.2 Å². The van der Waals surface area contributed by atoms with Crippen LogP contribution in [0.3, 0.4) is 0 Å². The Balaban J connectivity index is 1.82. The van der Waals surface area contributed by atoms with Gasteiger partial charge in [0.05, 0.1) is 28.0 Å². The van der Waals surface area contributed by atoms with Crippen molar-refractivity contribution in [1.82, 2.24) is 9.97 Å². The second kappa shape index (κ2) is 8.98. The quantitative estimate of drug-likeness (QED) is 0.336. The van der Waals surface area contributed by atoms with Crippen LogP contribution in [0.25, 0.3) is 10.2 Å². The van der Waals surface area contributed by atoms with Gasteiger partial charge in [-0.1, -0.05) is 48.6 Å². The van der Waals surface area contributed by atoms with Crippen LogP contribution in [0.15, 0.2) is 65.7 Å². The Labute approximate surface area is 185 Å². The zero-order chi connectivity index (χ0) is 21.1. The number of carbonyl (C=O) groups is 1. The van der Waals surface area contributed by atoms with Crippen molar-refractivity contribution in [3.63, 3.8) is 0 Å². The number of nitrogens with zero attached hydrogens (tertiary/aromatic N) is 3. The lowest BCUT2D eigenvalue weighted by Gasteiger charge is -2.21. The summed E-state index contributed by atoms with van der Waals surface area (Å²) in [5, 5.41) is 0.703. The first kappa shape index (κ1) is 20.6. The van der Waals surface area contributed by atoms with Crippen LogP contribution in [0.1, 0.15) is 34.1 Å². The average Bonchev–Trinajstić information content (AvgIpc) is 3.22. The maximum atomic E-state index is 13.7. The van der Waals surface area contributed by atoms with Crippen molar-refractivity contribution in [1.29, 1.82) is 0 Å². The van der Waals surface area contributed by atoms with Gasteiger partial charge < -0.3 is 0 Å². The number of hydrogen-bond acceptors (Lipinski definition) is 5. The number of aryl methyl sites for hydroxylation is 2. The zero-order valence-electron chi connectivity index (χ0n) is 17.3. The summed E-state index contributed by atoms with van der Waals surface area (Å²) < 4.78 is 1.13. The minimum absolute atomic E-state index is 0.0495. The molecule has 2 heterocycles. The molecule has 2 aromatic carbocycles. The summed E-state index contributed by atoms with van der Waals surface area (Å²) in [5.74, 6) is 0.857. The van der Waals surface area contributed by atoms with Gasteiger partial charge in [0.25, 0.3) is 5.91 Å². The first-order valence-corrected chi connectivity index (χ1v) is 11.7. The van der Waals surface area contributed by atoms with Crippen molar-refractivity contribution in [3.05, 3.63) is 83.2 Å². The van der Waals surface area contributed by atoms with E-state index in [1.54, 1.807) is 34.2 Å². The molecule has 30 heavy (non-hydrogen) atoms. The van der Waals surface area contributed by atoms with E-state index >= 15 is 0 Å². The van der Waals surface area contributed by atoms with E-state index in [4.69, 9.17) is 4.98 Å². The van der Waals surface area contributed by atoms with Crippen LogP contribution < -0.4 is 4.90 Å². The molecule has 4 aromatic rings. The van der Waals surface area contributed by atoms with E-state index in [-0.39, 0.29) is 5.91 Å². The minimum atomic E-state index is -0.0495. The normalized spacial score (nSPS) is 11.0. The van der Waals surface area contributed by atoms with Gasteiger partial charge in [0.2, 0.25) is 0 Å². The number of pyridine rings is 1. The largest absolute Gasteiger partial charge is 0.278 e. The summed E-state index contributed by atoms with van der Waals surface area (Å²) in [6.07, 6.45) is 1.76. The van der Waals surface area contributed by atoms with E-state index in [2.05, 4.69) is 37.9 Å². The van der Waals surface area contributed by atoms with Gasteiger partial charge in [-0.05, 0) is 55.0 Å². The standard InChI is InChI=1S/C24H23N3OS2/c1-4-29-20-11-6-5-10-19(20)23(28)27(15-18-9-7-8-14-25-18)24-26-21-16(2)12-13-17(3)22(21)30-24/h5-14H,4,15H2,1-3H3. The minimum Gasteiger partial charge on any atom is -0.278 e. The molecule has 2 aromatic heterocycles. The number of thioether (sulfide) groups is 1. The molecular formula is C24H23N3OS2. The van der Waals surface area contributed by atoms with Gasteiger partial charge in [-0.25, -0.2) is 4.98 Å². The summed E-state index contributed by atoms with van der Waals surface area (Å²) in [6, 6.07) is 17.8. The molecule has 0 saturated heterocycles. The van der Waals surface area contributed by atoms with Crippen LogP contribution in [0.4, 0.5) is 5.13 Å². The van der Waals surface area contributed by atoms with Gasteiger partial charge in [-0.15, -0.1) is 11.8 Å². The summed E-state index contributed by atoms with van der Waals surface area (Å²) >= 11 is 3.25. The third kappa shape index (κ3) is 4.11. The number of thiazole rings is 1. The Morgan fingerprint density at radius 1 is 1.03 bits per heavy atom. The topological polar surface area (TPSA) is 46.1 Å². The van der Waals surface area contributed by atoms with Crippen LogP contribution in [0, 0.1) is 13.8 Å². The number of rotatable bonds is 6. The SMILES string of the molecule is CCSc1ccccc1C(=O)N(Cc1ccccn1)c1nc2c(C)ccc(C)c2s1. The Kier molecular flexibility index (Phi) is 6.16. The highest BCUT2D eigenvalue weighted by molar-refractivity contribution is 7.99. The van der Waals surface area contributed by atoms with Gasteiger partial charge in [0.15, 0.2) is 5.13 Å². The van der Waals surface area contributed by atoms with Crippen LogP contribution >= 0.6 is 23.1 Å². The number of anilines is 1. The fraction of sp³-hybridized carbons (Fsp3) is 0.208. The van der Waals surface area contributed by atoms with E-state index < -0.39 is 0 Å². The molecule has 0 N–H and O–H groups in total. The number of benzene rings is 2. The van der Waals surface area contributed by atoms with Crippen molar-refractivity contribution in [2.75, 3.05) is 10.7 Å². The van der Waals surface area contributed by atoms with Crippen molar-refractivity contribution in [3.8, 4) is 0 Å². The fourth-order valence-corrected chi connectivity index (χ4v) is 5.22. The molecule has 0 aliphatic heterocycles. The third-order valence-electron chi connectivity index (χ3n) is 4.87. The lowest BCUT2D eigenvalue weighted by atomic mass is 10.1. The van der Waals surface area contributed by atoms with Crippen molar-refractivity contribution in [2.24, 2.45) is 0 Å². The molecular weight excluding hydrogens is 410 g/mol. The number of amides is 1. The molecule has 0 fully saturated rings. The second-order valence-corrected chi connectivity index (χ2v) is 9.30. The highest BCUT2D eigenvalue weighted by Crippen LogP contribution is 2.35. The van der Waals surface area contributed by atoms with Gasteiger partial charge in [-0.3, -0.25) is 14.7 Å². The Morgan fingerprint density at radius 3 is 2.53 bits per heavy atom. The zero-order valence-corrected chi connectivity index (χ0v) is 18.9. The molecule has 4 nitrogen and oxygen atoms in total. The number of fused-ring (bicyclic) bond motifs is 1. The second-order valence-electron chi connectivity index (χ2n) is 7.02. The summed E-state index contributed by atoms with van der Waals surface area (Å²) in [6.45, 7) is 6.62. The van der Waals surface area contributed by atoms with Crippen LogP contribution in [0.5, 0.6) is 0 Å².